The molecule has 1 aromatic heterocycles. The Hall–Kier alpha value is -2.12. The minimum Gasteiger partial charge on any atom is -0.491 e. The first kappa shape index (κ1) is 23.2. The van der Waals surface area contributed by atoms with Gasteiger partial charge >= 0.3 is 0 Å². The van der Waals surface area contributed by atoms with Gasteiger partial charge in [-0.1, -0.05) is 19.1 Å². The quantitative estimate of drug-likeness (QED) is 0.406. The SMILES string of the molecule is CCNC(=NCC(O)c1ccc(OC(C)C)cc1)NCCc1nc(CC)c(C)s1. The van der Waals surface area contributed by atoms with Crippen LogP contribution in [0.1, 0.15) is 54.9 Å². The first-order valence-electron chi connectivity index (χ1n) is 10.3. The van der Waals surface area contributed by atoms with Crippen LogP contribution in [0.4, 0.5) is 0 Å². The predicted molar refractivity (Wildman–Crippen MR) is 121 cm³/mol. The second-order valence-electron chi connectivity index (χ2n) is 7.11. The predicted octanol–water partition coefficient (Wildman–Crippen LogP) is 3.63. The van der Waals surface area contributed by atoms with E-state index in [0.717, 1.165) is 42.3 Å². The molecule has 1 atom stereocenters. The summed E-state index contributed by atoms with van der Waals surface area (Å²) in [6.45, 7) is 12.1. The highest BCUT2D eigenvalue weighted by atomic mass is 32.1. The summed E-state index contributed by atoms with van der Waals surface area (Å²) in [5, 5.41) is 18.2. The van der Waals surface area contributed by atoms with E-state index in [1.54, 1.807) is 11.3 Å². The van der Waals surface area contributed by atoms with E-state index >= 15 is 0 Å². The fourth-order valence-electron chi connectivity index (χ4n) is 2.88. The highest BCUT2D eigenvalue weighted by Crippen LogP contribution is 2.19. The molecule has 1 aromatic carbocycles. The average molecular weight is 419 g/mol. The number of guanidine groups is 1. The summed E-state index contributed by atoms with van der Waals surface area (Å²) in [4.78, 5) is 10.5. The molecule has 0 aliphatic heterocycles. The lowest BCUT2D eigenvalue weighted by Gasteiger charge is -2.14. The molecule has 0 saturated heterocycles. The Bertz CT molecular complexity index is 772. The number of aryl methyl sites for hydroxylation is 2. The molecular weight excluding hydrogens is 384 g/mol. The molecule has 0 spiro atoms. The highest BCUT2D eigenvalue weighted by molar-refractivity contribution is 7.11. The van der Waals surface area contributed by atoms with Crippen LogP contribution in [-0.2, 0) is 12.8 Å². The molecule has 160 valence electrons. The largest absolute Gasteiger partial charge is 0.491 e. The zero-order valence-corrected chi connectivity index (χ0v) is 19.0. The first-order valence-corrected chi connectivity index (χ1v) is 11.2. The summed E-state index contributed by atoms with van der Waals surface area (Å²) < 4.78 is 5.64. The molecule has 0 bridgehead atoms. The third kappa shape index (κ3) is 7.66. The number of nitrogens with one attached hydrogen (secondary N) is 2. The van der Waals surface area contributed by atoms with Crippen LogP contribution >= 0.6 is 11.3 Å². The molecule has 0 amide bonds. The van der Waals surface area contributed by atoms with Gasteiger partial charge in [-0.3, -0.25) is 4.99 Å². The van der Waals surface area contributed by atoms with Crippen molar-refractivity contribution in [3.63, 3.8) is 0 Å². The number of hydrogen-bond acceptors (Lipinski definition) is 5. The van der Waals surface area contributed by atoms with Gasteiger partial charge in [-0.05, 0) is 51.8 Å². The smallest absolute Gasteiger partial charge is 0.191 e. The van der Waals surface area contributed by atoms with E-state index < -0.39 is 6.10 Å². The number of aliphatic imine (C=N–C) groups is 1. The van der Waals surface area contributed by atoms with Crippen molar-refractivity contribution in [2.24, 2.45) is 4.99 Å². The molecule has 2 rings (SSSR count). The van der Waals surface area contributed by atoms with Gasteiger partial charge in [-0.15, -0.1) is 11.3 Å². The molecule has 0 radical (unpaired) electrons. The number of rotatable bonds is 10. The third-order valence-corrected chi connectivity index (χ3v) is 5.38. The molecule has 1 unspecified atom stereocenters. The molecule has 0 fully saturated rings. The Morgan fingerprint density at radius 2 is 1.93 bits per heavy atom. The van der Waals surface area contributed by atoms with E-state index in [1.807, 2.05) is 45.0 Å². The molecule has 29 heavy (non-hydrogen) atoms. The van der Waals surface area contributed by atoms with Gasteiger partial charge < -0.3 is 20.5 Å². The maximum absolute atomic E-state index is 10.5. The van der Waals surface area contributed by atoms with Crippen LogP contribution < -0.4 is 15.4 Å². The normalized spacial score (nSPS) is 12.9. The van der Waals surface area contributed by atoms with Crippen LogP contribution in [-0.4, -0.2) is 41.8 Å². The van der Waals surface area contributed by atoms with Crippen molar-refractivity contribution in [3.05, 3.63) is 45.4 Å². The van der Waals surface area contributed by atoms with E-state index in [9.17, 15) is 5.11 Å². The lowest BCUT2D eigenvalue weighted by molar-refractivity contribution is 0.186. The Balaban J connectivity index is 1.88. The average Bonchev–Trinajstić information content (AvgIpc) is 3.05. The summed E-state index contributed by atoms with van der Waals surface area (Å²) in [5.74, 6) is 1.51. The van der Waals surface area contributed by atoms with Crippen molar-refractivity contribution >= 4 is 17.3 Å². The summed E-state index contributed by atoms with van der Waals surface area (Å²) in [7, 11) is 0. The van der Waals surface area contributed by atoms with Gasteiger partial charge in [0.1, 0.15) is 5.75 Å². The fraction of sp³-hybridized carbons (Fsp3) is 0.545. The van der Waals surface area contributed by atoms with Crippen molar-refractivity contribution in [1.29, 1.82) is 0 Å². The van der Waals surface area contributed by atoms with Crippen LogP contribution in [0.5, 0.6) is 5.75 Å². The van der Waals surface area contributed by atoms with Crippen molar-refractivity contribution in [2.45, 2.75) is 59.7 Å². The maximum atomic E-state index is 10.5. The van der Waals surface area contributed by atoms with E-state index in [4.69, 9.17) is 4.74 Å². The van der Waals surface area contributed by atoms with E-state index in [0.29, 0.717) is 5.96 Å². The highest BCUT2D eigenvalue weighted by Gasteiger charge is 2.09. The van der Waals surface area contributed by atoms with E-state index in [2.05, 4.69) is 34.5 Å². The monoisotopic (exact) mass is 418 g/mol. The Labute approximate surface area is 178 Å². The summed E-state index contributed by atoms with van der Waals surface area (Å²) in [5.41, 5.74) is 2.02. The van der Waals surface area contributed by atoms with Gasteiger partial charge in [0.2, 0.25) is 0 Å². The second kappa shape index (κ2) is 11.8. The van der Waals surface area contributed by atoms with Crippen LogP contribution in [0, 0.1) is 6.92 Å². The van der Waals surface area contributed by atoms with Gasteiger partial charge in [0.25, 0.3) is 0 Å². The van der Waals surface area contributed by atoms with Crippen molar-refractivity contribution in [3.8, 4) is 5.75 Å². The van der Waals surface area contributed by atoms with Crippen LogP contribution in [0.25, 0.3) is 0 Å². The number of nitrogens with zero attached hydrogens (tertiary/aromatic N) is 2. The standard InChI is InChI=1S/C22H34N4O2S/c1-6-19-16(5)29-21(26-19)12-13-24-22(23-7-2)25-14-20(27)17-8-10-18(11-9-17)28-15(3)4/h8-11,15,20,27H,6-7,12-14H2,1-5H3,(H2,23,24,25). The number of aliphatic hydroxyl groups is 1. The molecular formula is C22H34N4O2S. The Morgan fingerprint density at radius 1 is 1.21 bits per heavy atom. The molecule has 6 nitrogen and oxygen atoms in total. The molecule has 0 saturated carbocycles. The second-order valence-corrected chi connectivity index (χ2v) is 8.40. The first-order chi connectivity index (χ1) is 13.9. The van der Waals surface area contributed by atoms with Gasteiger partial charge in [-0.2, -0.15) is 0 Å². The van der Waals surface area contributed by atoms with Crippen molar-refractivity contribution in [2.75, 3.05) is 19.6 Å². The summed E-state index contributed by atoms with van der Waals surface area (Å²) >= 11 is 1.76. The van der Waals surface area contributed by atoms with Crippen LogP contribution in [0.15, 0.2) is 29.3 Å². The number of ether oxygens (including phenoxy) is 1. The lowest BCUT2D eigenvalue weighted by Crippen LogP contribution is -2.38. The molecule has 7 heteroatoms. The van der Waals surface area contributed by atoms with Gasteiger partial charge in [0, 0.05) is 24.4 Å². The zero-order valence-electron chi connectivity index (χ0n) is 18.2. The lowest BCUT2D eigenvalue weighted by atomic mass is 10.1. The molecule has 3 N–H and O–H groups in total. The van der Waals surface area contributed by atoms with Crippen LogP contribution in [0.3, 0.4) is 0 Å². The summed E-state index contributed by atoms with van der Waals surface area (Å²) in [6.07, 6.45) is 1.30. The number of aromatic nitrogens is 1. The molecule has 0 aliphatic carbocycles. The fourth-order valence-corrected chi connectivity index (χ4v) is 3.90. The minimum atomic E-state index is -0.660. The number of aliphatic hydroxyl groups excluding tert-OH is 1. The summed E-state index contributed by atoms with van der Waals surface area (Å²) in [6, 6.07) is 7.53. The topological polar surface area (TPSA) is 78.8 Å². The number of hydrogen-bond donors (Lipinski definition) is 3. The zero-order chi connectivity index (χ0) is 21.2. The maximum Gasteiger partial charge on any atom is 0.191 e. The molecule has 0 aliphatic rings. The number of thiazole rings is 1. The van der Waals surface area contributed by atoms with E-state index in [1.165, 1.54) is 10.6 Å². The van der Waals surface area contributed by atoms with Crippen molar-refractivity contribution in [1.82, 2.24) is 15.6 Å². The Kier molecular flexibility index (Phi) is 9.41. The molecule has 1 heterocycles. The van der Waals surface area contributed by atoms with Gasteiger partial charge in [0.15, 0.2) is 5.96 Å². The van der Waals surface area contributed by atoms with Gasteiger partial charge in [0.05, 0.1) is 29.5 Å². The van der Waals surface area contributed by atoms with Crippen molar-refractivity contribution < 1.29 is 9.84 Å². The van der Waals surface area contributed by atoms with Crippen LogP contribution in [0.2, 0.25) is 0 Å². The Morgan fingerprint density at radius 3 is 2.52 bits per heavy atom. The third-order valence-electron chi connectivity index (χ3n) is 4.31. The van der Waals surface area contributed by atoms with Gasteiger partial charge in [-0.25, -0.2) is 4.98 Å². The number of benzene rings is 1. The van der Waals surface area contributed by atoms with E-state index in [-0.39, 0.29) is 12.6 Å². The minimum absolute atomic E-state index is 0.131. The molecule has 2 aromatic rings.